The number of aromatic nitrogens is 3. The molecule has 3 aliphatic heterocycles. The third-order valence-electron chi connectivity index (χ3n) is 13.5. The highest BCUT2D eigenvalue weighted by atomic mass is 32.1. The molecule has 1 N–H and O–H groups in total. The number of likely N-dealkylation sites (tertiary alicyclic amines) is 3. The molecule has 3 atom stereocenters. The van der Waals surface area contributed by atoms with Crippen LogP contribution in [0.5, 0.6) is 0 Å². The van der Waals surface area contributed by atoms with Gasteiger partial charge in [-0.05, 0) is 63.1 Å². The van der Waals surface area contributed by atoms with Crippen LogP contribution in [-0.4, -0.2) is 123 Å². The van der Waals surface area contributed by atoms with Gasteiger partial charge in [0.2, 0.25) is 17.7 Å². The monoisotopic (exact) mass is 917 g/mol. The summed E-state index contributed by atoms with van der Waals surface area (Å²) in [4.78, 5) is 64.3. The van der Waals surface area contributed by atoms with Gasteiger partial charge in [0.05, 0.1) is 52.9 Å². The van der Waals surface area contributed by atoms with Crippen molar-refractivity contribution in [2.75, 3.05) is 45.9 Å². The summed E-state index contributed by atoms with van der Waals surface area (Å²) < 4.78 is 130. The fourth-order valence-electron chi connectivity index (χ4n) is 9.10. The van der Waals surface area contributed by atoms with Gasteiger partial charge in [0, 0.05) is 68.4 Å². The van der Waals surface area contributed by atoms with Gasteiger partial charge in [0.1, 0.15) is 11.5 Å². The normalized spacial score (nSPS) is 22.7. The molecule has 2 saturated carbocycles. The lowest BCUT2D eigenvalue weighted by Gasteiger charge is -2.51. The van der Waals surface area contributed by atoms with Crippen molar-refractivity contribution in [1.82, 2.24) is 34.8 Å². The van der Waals surface area contributed by atoms with Crippen LogP contribution in [-0.2, 0) is 31.8 Å². The third kappa shape index (κ3) is 8.64. The van der Waals surface area contributed by atoms with E-state index in [0.717, 1.165) is 22.0 Å². The summed E-state index contributed by atoms with van der Waals surface area (Å²) in [5, 5.41) is 9.62. The molecule has 5 aliphatic rings. The van der Waals surface area contributed by atoms with Crippen LogP contribution in [0, 0.1) is 22.2 Å². The van der Waals surface area contributed by atoms with Crippen molar-refractivity contribution < 1.29 is 63.4 Å². The lowest BCUT2D eigenvalue weighted by atomic mass is 9.70. The number of amides is 4. The largest absolute Gasteiger partial charge is 0.416 e. The molecule has 1 unspecified atom stereocenters. The fraction of sp³-hybridized carbons (Fsp3) is 0.610. The van der Waals surface area contributed by atoms with E-state index >= 15 is 0 Å². The smallest absolute Gasteiger partial charge is 0.375 e. The Kier molecular flexibility index (Phi) is 11.4. The molecule has 342 valence electrons. The number of nitrogens with one attached hydrogen (secondary N) is 1. The number of thiazole rings is 1. The Bertz CT molecular complexity index is 2190. The number of hydrogen-bond donors (Lipinski definition) is 1. The van der Waals surface area contributed by atoms with E-state index < -0.39 is 88.6 Å². The highest BCUT2D eigenvalue weighted by Crippen LogP contribution is 2.60. The minimum Gasteiger partial charge on any atom is -0.375 e. The standard InChI is InChI=1S/C41H44F9N7O5S/c1-24(62-23-37(8-9-37)40(45,46)47)30(34(60)54-13-6-26(7-14-54)32-51-12-15-63-32)53-31(58)29-19-55(20-36(29)21-56(22-36)35(61)38(10-11-38)41(48,49)50)33(59)27-16-52-57(18-27)17-25-2-4-28(5-3-25)39(42,43)44/h2-5,12,15-16,18,24,26,29-30H,6-11,13-14,17,19-23H2,1H3,(H,53,58)/t24-,29+,30?/m1/s1. The minimum atomic E-state index is -4.80. The van der Waals surface area contributed by atoms with Gasteiger partial charge in [-0.15, -0.1) is 11.3 Å². The maximum atomic E-state index is 14.5. The summed E-state index contributed by atoms with van der Waals surface area (Å²) >= 11 is 1.48. The Morgan fingerprint density at radius 3 is 2.10 bits per heavy atom. The number of alkyl halides is 9. The second kappa shape index (κ2) is 16.1. The molecule has 1 aromatic carbocycles. The van der Waals surface area contributed by atoms with Crippen molar-refractivity contribution in [3.8, 4) is 0 Å². The van der Waals surface area contributed by atoms with E-state index in [4.69, 9.17) is 4.74 Å². The van der Waals surface area contributed by atoms with Gasteiger partial charge in [0.25, 0.3) is 5.91 Å². The number of rotatable bonds is 12. The van der Waals surface area contributed by atoms with Crippen molar-refractivity contribution in [3.63, 3.8) is 0 Å². The molecule has 63 heavy (non-hydrogen) atoms. The summed E-state index contributed by atoms with van der Waals surface area (Å²) in [6.45, 7) is 0.0431. The summed E-state index contributed by atoms with van der Waals surface area (Å²) in [5.74, 6) is -4.27. The molecule has 12 nitrogen and oxygen atoms in total. The van der Waals surface area contributed by atoms with Crippen molar-refractivity contribution in [2.24, 2.45) is 22.2 Å². The Labute approximate surface area is 359 Å². The molecule has 0 bridgehead atoms. The van der Waals surface area contributed by atoms with Crippen molar-refractivity contribution >= 4 is 35.0 Å². The fourth-order valence-corrected chi connectivity index (χ4v) is 9.91. The lowest BCUT2D eigenvalue weighted by Crippen LogP contribution is -2.67. The number of carbonyl (C=O) groups is 4. The molecule has 2 aliphatic carbocycles. The summed E-state index contributed by atoms with van der Waals surface area (Å²) in [6, 6.07) is 2.87. The lowest BCUT2D eigenvalue weighted by molar-refractivity contribution is -0.206. The van der Waals surface area contributed by atoms with Crippen LogP contribution in [0.2, 0.25) is 0 Å². The average molecular weight is 918 g/mol. The predicted octanol–water partition coefficient (Wildman–Crippen LogP) is 6.29. The molecule has 3 aromatic rings. The van der Waals surface area contributed by atoms with Crippen molar-refractivity contribution in [2.45, 2.75) is 88.6 Å². The number of halogens is 9. The van der Waals surface area contributed by atoms with Crippen LogP contribution < -0.4 is 5.32 Å². The number of hydrogen-bond acceptors (Lipinski definition) is 8. The molecular formula is C41H44F9N7O5S. The molecule has 1 spiro atoms. The number of ether oxygens (including phenoxy) is 1. The predicted molar refractivity (Wildman–Crippen MR) is 205 cm³/mol. The Morgan fingerprint density at radius 1 is 0.889 bits per heavy atom. The molecular weight excluding hydrogens is 874 g/mol. The van der Waals surface area contributed by atoms with Crippen LogP contribution >= 0.6 is 11.3 Å². The SMILES string of the molecule is C[C@@H](OCC1(C(F)(F)F)CC1)C(NC(=O)[C@@H]1CN(C(=O)c2cnn(Cc3ccc(C(F)(F)F)cc3)c2)CC12CN(C(=O)C1(C(F)(F)F)CC1)C2)C(=O)N1CCC(c2nccs2)CC1. The summed E-state index contributed by atoms with van der Waals surface area (Å²) in [7, 11) is 0. The average Bonchev–Trinajstić information content (AvgIpc) is 4.03. The van der Waals surface area contributed by atoms with E-state index in [-0.39, 0.29) is 83.0 Å². The van der Waals surface area contributed by atoms with Gasteiger partial charge in [0.15, 0.2) is 0 Å². The van der Waals surface area contributed by atoms with Crippen LogP contribution in [0.3, 0.4) is 0 Å². The quantitative estimate of drug-likeness (QED) is 0.212. The first-order valence-electron chi connectivity index (χ1n) is 20.6. The van der Waals surface area contributed by atoms with E-state index in [0.29, 0.717) is 18.4 Å². The van der Waals surface area contributed by atoms with E-state index in [2.05, 4.69) is 15.4 Å². The van der Waals surface area contributed by atoms with Crippen LogP contribution in [0.4, 0.5) is 39.5 Å². The zero-order valence-electron chi connectivity index (χ0n) is 33.9. The van der Waals surface area contributed by atoms with Crippen molar-refractivity contribution in [3.05, 3.63) is 69.9 Å². The maximum absolute atomic E-state index is 14.5. The Morgan fingerprint density at radius 2 is 1.54 bits per heavy atom. The topological polar surface area (TPSA) is 130 Å². The highest BCUT2D eigenvalue weighted by Gasteiger charge is 2.72. The molecule has 8 rings (SSSR count). The van der Waals surface area contributed by atoms with Crippen LogP contribution in [0.15, 0.2) is 48.2 Å². The van der Waals surface area contributed by atoms with Crippen LogP contribution in [0.1, 0.15) is 77.9 Å². The van der Waals surface area contributed by atoms with Gasteiger partial charge in [-0.3, -0.25) is 23.9 Å². The Hall–Kier alpha value is -4.73. The van der Waals surface area contributed by atoms with E-state index in [1.54, 1.807) is 6.20 Å². The van der Waals surface area contributed by atoms with E-state index in [9.17, 15) is 58.7 Å². The maximum Gasteiger partial charge on any atom is 0.416 e. The van der Waals surface area contributed by atoms with Gasteiger partial charge in [-0.2, -0.15) is 44.6 Å². The molecule has 2 aromatic heterocycles. The first-order valence-corrected chi connectivity index (χ1v) is 21.4. The van der Waals surface area contributed by atoms with Gasteiger partial charge in [-0.1, -0.05) is 12.1 Å². The molecule has 5 fully saturated rings. The first-order chi connectivity index (χ1) is 29.5. The van der Waals surface area contributed by atoms with Crippen molar-refractivity contribution in [1.29, 1.82) is 0 Å². The zero-order valence-corrected chi connectivity index (χ0v) is 34.7. The van der Waals surface area contributed by atoms with Gasteiger partial charge in [-0.25, -0.2) is 4.98 Å². The number of benzene rings is 1. The van der Waals surface area contributed by atoms with Gasteiger partial charge < -0.3 is 24.8 Å². The van der Waals surface area contributed by atoms with E-state index in [1.165, 1.54) is 57.3 Å². The number of carbonyl (C=O) groups excluding carboxylic acids is 4. The highest BCUT2D eigenvalue weighted by molar-refractivity contribution is 7.09. The second-order valence-electron chi connectivity index (χ2n) is 17.7. The molecule has 5 heterocycles. The van der Waals surface area contributed by atoms with Gasteiger partial charge >= 0.3 is 18.5 Å². The summed E-state index contributed by atoms with van der Waals surface area (Å²) in [5.41, 5.74) is -6.23. The molecule has 22 heteroatoms. The van der Waals surface area contributed by atoms with Crippen LogP contribution in [0.25, 0.3) is 0 Å². The second-order valence-corrected chi connectivity index (χ2v) is 18.6. The molecule has 4 amide bonds. The summed E-state index contributed by atoms with van der Waals surface area (Å²) in [6.07, 6.45) is -10.9. The minimum absolute atomic E-state index is 0.000766. The first kappa shape index (κ1) is 44.9. The zero-order chi connectivity index (χ0) is 45.3. The molecule has 0 radical (unpaired) electrons. The number of piperidine rings is 1. The van der Waals surface area contributed by atoms with E-state index in [1.807, 2.05) is 5.38 Å². The Balaban J connectivity index is 1.01. The molecule has 3 saturated heterocycles. The third-order valence-corrected chi connectivity index (χ3v) is 14.4. The number of nitrogens with zero attached hydrogens (tertiary/aromatic N) is 6.